The zero-order valence-corrected chi connectivity index (χ0v) is 9.76. The van der Waals surface area contributed by atoms with Gasteiger partial charge in [0, 0.05) is 12.1 Å². The summed E-state index contributed by atoms with van der Waals surface area (Å²) in [5.41, 5.74) is -0.0632. The van der Waals surface area contributed by atoms with Crippen molar-refractivity contribution in [3.8, 4) is 0 Å². The molecule has 0 aromatic heterocycles. The van der Waals surface area contributed by atoms with Gasteiger partial charge in [0.05, 0.1) is 6.54 Å². The number of amides is 1. The molecule has 0 spiro atoms. The highest BCUT2D eigenvalue weighted by molar-refractivity contribution is 5.79. The molecule has 0 saturated carbocycles. The van der Waals surface area contributed by atoms with E-state index in [-0.39, 0.29) is 11.4 Å². The molecule has 1 amide bonds. The Bertz CT molecular complexity index is 211. The second-order valence-corrected chi connectivity index (χ2v) is 5.33. The Kier molecular flexibility index (Phi) is 3.53. The normalized spacial score (nSPS) is 22.5. The van der Waals surface area contributed by atoms with Gasteiger partial charge in [0.2, 0.25) is 5.91 Å². The van der Waals surface area contributed by atoms with E-state index < -0.39 is 0 Å². The molecule has 3 nitrogen and oxygen atoms in total. The van der Waals surface area contributed by atoms with Crippen molar-refractivity contribution in [3.63, 3.8) is 0 Å². The fraction of sp³-hybridized carbons (Fsp3) is 0.909. The number of rotatable bonds is 3. The smallest absolute Gasteiger partial charge is 0.234 e. The Labute approximate surface area is 86.9 Å². The maximum atomic E-state index is 11.4. The van der Waals surface area contributed by atoms with Crippen molar-refractivity contribution in [3.05, 3.63) is 0 Å². The zero-order valence-electron chi connectivity index (χ0n) is 9.76. The molecule has 0 atom stereocenters. The van der Waals surface area contributed by atoms with Gasteiger partial charge in [-0.1, -0.05) is 13.8 Å². The molecule has 3 heteroatoms. The number of carbonyl (C=O) groups excluding carboxylic acids is 1. The highest BCUT2D eigenvalue weighted by Gasteiger charge is 2.29. The van der Waals surface area contributed by atoms with Gasteiger partial charge in [-0.3, -0.25) is 9.69 Å². The van der Waals surface area contributed by atoms with Crippen LogP contribution in [0.3, 0.4) is 0 Å². The van der Waals surface area contributed by atoms with Gasteiger partial charge < -0.3 is 5.32 Å². The molecule has 0 radical (unpaired) electrons. The van der Waals surface area contributed by atoms with E-state index in [1.807, 2.05) is 0 Å². The lowest BCUT2D eigenvalue weighted by atomic mass is 10.0. The summed E-state index contributed by atoms with van der Waals surface area (Å²) in [5.74, 6) is 0.869. The van der Waals surface area contributed by atoms with E-state index in [1.165, 1.54) is 6.42 Å². The zero-order chi connectivity index (χ0) is 10.8. The molecule has 1 aliphatic heterocycles. The Morgan fingerprint density at radius 3 is 2.64 bits per heavy atom. The minimum absolute atomic E-state index is 0.0632. The predicted octanol–water partition coefficient (Wildman–Crippen LogP) is 1.24. The molecule has 1 rings (SSSR count). The summed E-state index contributed by atoms with van der Waals surface area (Å²) in [6.45, 7) is 11.2. The van der Waals surface area contributed by atoms with Crippen molar-refractivity contribution in [2.75, 3.05) is 19.6 Å². The number of hydrogen-bond acceptors (Lipinski definition) is 2. The Morgan fingerprint density at radius 1 is 1.50 bits per heavy atom. The quantitative estimate of drug-likeness (QED) is 0.740. The number of piperazine rings is 1. The second-order valence-electron chi connectivity index (χ2n) is 5.33. The Balaban J connectivity index is 2.42. The van der Waals surface area contributed by atoms with E-state index in [1.54, 1.807) is 0 Å². The summed E-state index contributed by atoms with van der Waals surface area (Å²) in [6.07, 6.45) is 1.17. The van der Waals surface area contributed by atoms with Gasteiger partial charge in [0.1, 0.15) is 0 Å². The highest BCUT2D eigenvalue weighted by Crippen LogP contribution is 2.12. The molecular weight excluding hydrogens is 176 g/mol. The molecular formula is C11H22N2O. The average Bonchev–Trinajstić information content (AvgIpc) is 1.96. The summed E-state index contributed by atoms with van der Waals surface area (Å²) >= 11 is 0. The molecule has 0 aromatic carbocycles. The van der Waals surface area contributed by atoms with Crippen molar-refractivity contribution >= 4 is 5.91 Å². The summed E-state index contributed by atoms with van der Waals surface area (Å²) in [7, 11) is 0. The first-order valence-corrected chi connectivity index (χ1v) is 5.42. The van der Waals surface area contributed by atoms with E-state index in [4.69, 9.17) is 0 Å². The van der Waals surface area contributed by atoms with E-state index >= 15 is 0 Å². The third-order valence-electron chi connectivity index (χ3n) is 2.49. The van der Waals surface area contributed by atoms with Crippen LogP contribution < -0.4 is 5.32 Å². The van der Waals surface area contributed by atoms with E-state index in [9.17, 15) is 4.79 Å². The van der Waals surface area contributed by atoms with Crippen molar-refractivity contribution in [2.24, 2.45) is 5.92 Å². The minimum atomic E-state index is -0.0632. The van der Waals surface area contributed by atoms with Gasteiger partial charge in [-0.15, -0.1) is 0 Å². The highest BCUT2D eigenvalue weighted by atomic mass is 16.2. The average molecular weight is 198 g/mol. The molecule has 1 heterocycles. The summed E-state index contributed by atoms with van der Waals surface area (Å²) in [4.78, 5) is 13.6. The first kappa shape index (κ1) is 11.5. The maximum absolute atomic E-state index is 11.4. The number of nitrogens with zero attached hydrogens (tertiary/aromatic N) is 1. The van der Waals surface area contributed by atoms with E-state index in [2.05, 4.69) is 37.9 Å². The largest absolute Gasteiger partial charge is 0.349 e. The van der Waals surface area contributed by atoms with Crippen LogP contribution in [0.1, 0.15) is 34.1 Å². The van der Waals surface area contributed by atoms with Crippen molar-refractivity contribution < 1.29 is 4.79 Å². The molecule has 0 aliphatic carbocycles. The Morgan fingerprint density at radius 2 is 2.14 bits per heavy atom. The van der Waals surface area contributed by atoms with Gasteiger partial charge in [0.25, 0.3) is 0 Å². The number of hydrogen-bond donors (Lipinski definition) is 1. The molecule has 0 aromatic rings. The molecule has 82 valence electrons. The van der Waals surface area contributed by atoms with Gasteiger partial charge >= 0.3 is 0 Å². The van der Waals surface area contributed by atoms with Crippen LogP contribution in [-0.4, -0.2) is 36.0 Å². The SMILES string of the molecule is CC(C)CCN1CC(=O)NC(C)(C)C1. The van der Waals surface area contributed by atoms with Crippen molar-refractivity contribution in [1.29, 1.82) is 0 Å². The molecule has 0 bridgehead atoms. The van der Waals surface area contributed by atoms with Crippen LogP contribution >= 0.6 is 0 Å². The monoisotopic (exact) mass is 198 g/mol. The lowest BCUT2D eigenvalue weighted by molar-refractivity contribution is -0.127. The third-order valence-corrected chi connectivity index (χ3v) is 2.49. The number of nitrogens with one attached hydrogen (secondary N) is 1. The summed E-state index contributed by atoms with van der Waals surface area (Å²) in [5, 5.41) is 2.99. The lowest BCUT2D eigenvalue weighted by Crippen LogP contribution is -2.60. The Hall–Kier alpha value is -0.570. The molecule has 1 fully saturated rings. The van der Waals surface area contributed by atoms with Crippen LogP contribution in [0.5, 0.6) is 0 Å². The van der Waals surface area contributed by atoms with Crippen molar-refractivity contribution in [2.45, 2.75) is 39.7 Å². The van der Waals surface area contributed by atoms with Gasteiger partial charge in [-0.05, 0) is 32.7 Å². The third kappa shape index (κ3) is 3.66. The lowest BCUT2D eigenvalue weighted by Gasteiger charge is -2.38. The predicted molar refractivity (Wildman–Crippen MR) is 58.1 cm³/mol. The van der Waals surface area contributed by atoms with Crippen LogP contribution in [-0.2, 0) is 4.79 Å². The molecule has 14 heavy (non-hydrogen) atoms. The second kappa shape index (κ2) is 4.30. The van der Waals surface area contributed by atoms with Crippen molar-refractivity contribution in [1.82, 2.24) is 10.2 Å². The summed E-state index contributed by atoms with van der Waals surface area (Å²) < 4.78 is 0. The maximum Gasteiger partial charge on any atom is 0.234 e. The molecule has 1 N–H and O–H groups in total. The van der Waals surface area contributed by atoms with Gasteiger partial charge in [0.15, 0.2) is 0 Å². The first-order valence-electron chi connectivity index (χ1n) is 5.42. The summed E-state index contributed by atoms with van der Waals surface area (Å²) in [6, 6.07) is 0. The van der Waals surface area contributed by atoms with Crippen LogP contribution in [0.25, 0.3) is 0 Å². The number of carbonyl (C=O) groups is 1. The van der Waals surface area contributed by atoms with Crippen LogP contribution in [0, 0.1) is 5.92 Å². The van der Waals surface area contributed by atoms with Crippen LogP contribution in [0.4, 0.5) is 0 Å². The molecule has 0 unspecified atom stereocenters. The van der Waals surface area contributed by atoms with Gasteiger partial charge in [-0.2, -0.15) is 0 Å². The van der Waals surface area contributed by atoms with Crippen LogP contribution in [0.2, 0.25) is 0 Å². The van der Waals surface area contributed by atoms with Crippen LogP contribution in [0.15, 0.2) is 0 Å². The van der Waals surface area contributed by atoms with E-state index in [0.717, 1.165) is 13.1 Å². The topological polar surface area (TPSA) is 32.3 Å². The molecule has 1 saturated heterocycles. The fourth-order valence-corrected chi connectivity index (χ4v) is 1.87. The fourth-order valence-electron chi connectivity index (χ4n) is 1.87. The minimum Gasteiger partial charge on any atom is -0.349 e. The molecule has 1 aliphatic rings. The standard InChI is InChI=1S/C11H22N2O/c1-9(2)5-6-13-7-10(14)12-11(3,4)8-13/h9H,5-8H2,1-4H3,(H,12,14). The van der Waals surface area contributed by atoms with Gasteiger partial charge in [-0.25, -0.2) is 0 Å². The first-order chi connectivity index (χ1) is 6.39. The van der Waals surface area contributed by atoms with E-state index in [0.29, 0.717) is 12.5 Å².